The Labute approximate surface area is 223 Å². The Kier molecular flexibility index (Phi) is 4.76. The van der Waals surface area contributed by atoms with E-state index >= 15 is 0 Å². The van der Waals surface area contributed by atoms with Crippen molar-refractivity contribution in [3.8, 4) is 0 Å². The second-order valence-electron chi connectivity index (χ2n) is 11.0. The first-order valence-corrected chi connectivity index (χ1v) is 13.7. The Balaban J connectivity index is 1.22. The van der Waals surface area contributed by atoms with Crippen molar-refractivity contribution in [1.82, 2.24) is 0 Å². The second-order valence-corrected chi connectivity index (χ2v) is 11.0. The number of hydrogen-bond donors (Lipinski definition) is 0. The zero-order chi connectivity index (χ0) is 25.4. The van der Waals surface area contributed by atoms with Crippen molar-refractivity contribution in [1.29, 1.82) is 0 Å². The van der Waals surface area contributed by atoms with E-state index in [1.165, 1.54) is 55.8 Å². The number of benzene rings is 4. The molecular formula is C36H30O2+2. The molecule has 0 amide bonds. The highest BCUT2D eigenvalue weighted by Crippen LogP contribution is 2.54. The first-order valence-electron chi connectivity index (χ1n) is 13.7. The molecule has 2 nitrogen and oxygen atoms in total. The Hall–Kier alpha value is -4.04. The molecule has 0 bridgehead atoms. The lowest BCUT2D eigenvalue weighted by molar-refractivity contribution is -0.225. The van der Waals surface area contributed by atoms with Gasteiger partial charge in [0, 0.05) is 17.9 Å². The zero-order valence-corrected chi connectivity index (χ0v) is 21.9. The third-order valence-corrected chi connectivity index (χ3v) is 9.36. The van der Waals surface area contributed by atoms with Crippen molar-refractivity contribution in [2.75, 3.05) is 14.2 Å². The minimum atomic E-state index is 0.402. The molecule has 0 aromatic heterocycles. The second kappa shape index (κ2) is 8.23. The van der Waals surface area contributed by atoms with Crippen LogP contribution in [0, 0.1) is 5.92 Å². The van der Waals surface area contributed by atoms with Gasteiger partial charge < -0.3 is 0 Å². The summed E-state index contributed by atoms with van der Waals surface area (Å²) in [5, 5.41) is 5.14. The molecule has 4 aromatic rings. The van der Waals surface area contributed by atoms with Crippen LogP contribution in [0.5, 0.6) is 0 Å². The molecule has 0 saturated carbocycles. The van der Waals surface area contributed by atoms with E-state index in [0.717, 1.165) is 30.8 Å². The quantitative estimate of drug-likeness (QED) is 0.238. The Morgan fingerprint density at radius 1 is 0.711 bits per heavy atom. The highest BCUT2D eigenvalue weighted by atomic mass is 16.4. The molecule has 184 valence electrons. The first-order chi connectivity index (χ1) is 18.7. The van der Waals surface area contributed by atoms with E-state index in [-0.39, 0.29) is 0 Å². The van der Waals surface area contributed by atoms with Gasteiger partial charge in [0.05, 0.1) is 17.5 Å². The zero-order valence-electron chi connectivity index (χ0n) is 21.9. The fourth-order valence-corrected chi connectivity index (χ4v) is 7.68. The van der Waals surface area contributed by atoms with Gasteiger partial charge >= 0.3 is 11.6 Å². The maximum Gasteiger partial charge on any atom is 0.351 e. The topological polar surface area (TPSA) is 22.6 Å². The van der Waals surface area contributed by atoms with E-state index in [4.69, 9.17) is 8.85 Å². The van der Waals surface area contributed by atoms with Gasteiger partial charge in [0.25, 0.3) is 14.2 Å². The molecule has 2 atom stereocenters. The first kappa shape index (κ1) is 22.0. The molecule has 0 spiro atoms. The van der Waals surface area contributed by atoms with Crippen molar-refractivity contribution < 1.29 is 8.85 Å². The van der Waals surface area contributed by atoms with Crippen LogP contribution in [-0.2, 0) is 0 Å². The molecule has 38 heavy (non-hydrogen) atoms. The van der Waals surface area contributed by atoms with Crippen LogP contribution >= 0.6 is 0 Å². The molecule has 4 aliphatic rings. The number of ketones is 2. The SMILES string of the molecule is C[O+]=C1CC2=C(CCC2C2=CC3=CC(=[O+]C)c4c(ccc5ccccc45)C3C2)c2ccc3ccccc3c21. The summed E-state index contributed by atoms with van der Waals surface area (Å²) in [7, 11) is 3.64. The van der Waals surface area contributed by atoms with Gasteiger partial charge in [-0.2, -0.15) is 0 Å². The van der Waals surface area contributed by atoms with Gasteiger partial charge in [-0.05, 0) is 68.7 Å². The van der Waals surface area contributed by atoms with Crippen LogP contribution in [0.25, 0.3) is 27.1 Å². The fraction of sp³-hybridized carbons (Fsp3) is 0.222. The largest absolute Gasteiger partial charge is 0.351 e. The molecule has 4 aromatic carbocycles. The lowest BCUT2D eigenvalue weighted by Gasteiger charge is -2.23. The van der Waals surface area contributed by atoms with Crippen molar-refractivity contribution in [3.63, 3.8) is 0 Å². The monoisotopic (exact) mass is 494 g/mol. The van der Waals surface area contributed by atoms with E-state index in [2.05, 4.69) is 84.9 Å². The van der Waals surface area contributed by atoms with Crippen LogP contribution in [0.2, 0.25) is 0 Å². The van der Waals surface area contributed by atoms with Gasteiger partial charge in [-0.25, -0.2) is 0 Å². The third-order valence-electron chi connectivity index (χ3n) is 9.36. The van der Waals surface area contributed by atoms with Crippen molar-refractivity contribution in [3.05, 3.63) is 124 Å². The van der Waals surface area contributed by atoms with Crippen molar-refractivity contribution in [2.45, 2.75) is 31.6 Å². The van der Waals surface area contributed by atoms with Crippen LogP contribution in [0.3, 0.4) is 0 Å². The molecule has 0 radical (unpaired) electrons. The summed E-state index contributed by atoms with van der Waals surface area (Å²) in [6.07, 6.45) is 9.11. The number of carbonyl (C=O) groups excluding carboxylic acids is 2. The number of hydrogen-bond acceptors (Lipinski definition) is 0. The Morgan fingerprint density at radius 3 is 2.21 bits per heavy atom. The fourth-order valence-electron chi connectivity index (χ4n) is 7.68. The van der Waals surface area contributed by atoms with E-state index in [1.54, 1.807) is 23.8 Å². The highest BCUT2D eigenvalue weighted by molar-refractivity contribution is 6.17. The van der Waals surface area contributed by atoms with Crippen LogP contribution in [0.4, 0.5) is 0 Å². The van der Waals surface area contributed by atoms with E-state index in [9.17, 15) is 0 Å². The summed E-state index contributed by atoms with van der Waals surface area (Å²) in [5.74, 6) is 2.99. The molecule has 2 heteroatoms. The molecule has 2 unspecified atom stereocenters. The van der Waals surface area contributed by atoms with Crippen LogP contribution in [0.1, 0.15) is 62.7 Å². The third kappa shape index (κ3) is 3.01. The van der Waals surface area contributed by atoms with Crippen molar-refractivity contribution >= 4 is 38.7 Å². The summed E-state index contributed by atoms with van der Waals surface area (Å²) in [6.45, 7) is 0. The molecule has 0 saturated heterocycles. The summed E-state index contributed by atoms with van der Waals surface area (Å²) < 4.78 is 12.1. The van der Waals surface area contributed by atoms with Crippen LogP contribution < -0.4 is 0 Å². The summed E-state index contributed by atoms with van der Waals surface area (Å²) in [4.78, 5) is 0. The Bertz CT molecular complexity index is 1840. The normalized spacial score (nSPS) is 23.9. The van der Waals surface area contributed by atoms with E-state index in [0.29, 0.717) is 11.8 Å². The van der Waals surface area contributed by atoms with Crippen LogP contribution in [0.15, 0.2) is 102 Å². The lowest BCUT2D eigenvalue weighted by Crippen LogP contribution is -2.16. The number of rotatable bonds is 1. The van der Waals surface area contributed by atoms with E-state index < -0.39 is 0 Å². The average Bonchev–Trinajstić information content (AvgIpc) is 3.60. The van der Waals surface area contributed by atoms with Gasteiger partial charge in [0.1, 0.15) is 0 Å². The molecule has 0 fully saturated rings. The molecule has 0 heterocycles. The standard InChI is InChI=1S/C36H30O2/c1-37-33-19-24-17-23(18-31(24)30-14-12-22-8-4-6-10-27(22)36(30)33)25-15-16-28-29-13-11-21-7-3-5-9-26(21)35(29)34(38-2)20-32(25)28/h3-14,17,19,25,31H,15-16,18,20H2,1-2H3/q+2. The number of fused-ring (bicyclic) bond motifs is 9. The number of allylic oxidation sites excluding steroid dienone is 6. The van der Waals surface area contributed by atoms with Gasteiger partial charge in [-0.1, -0.05) is 84.4 Å². The van der Waals surface area contributed by atoms with Gasteiger partial charge in [0.2, 0.25) is 0 Å². The predicted molar refractivity (Wildman–Crippen MR) is 156 cm³/mol. The predicted octanol–water partition coefficient (Wildman–Crippen LogP) is 8.31. The lowest BCUT2D eigenvalue weighted by atomic mass is 9.78. The minimum absolute atomic E-state index is 0.402. The minimum Gasteiger partial charge on any atom is -0.261 e. The maximum atomic E-state index is 6.09. The molecular weight excluding hydrogens is 464 g/mol. The highest BCUT2D eigenvalue weighted by Gasteiger charge is 2.42. The van der Waals surface area contributed by atoms with Gasteiger partial charge in [-0.15, -0.1) is 0 Å². The molecule has 4 aliphatic carbocycles. The van der Waals surface area contributed by atoms with Crippen LogP contribution in [-0.4, -0.2) is 25.8 Å². The maximum absolute atomic E-state index is 6.09. The summed E-state index contributed by atoms with van der Waals surface area (Å²) in [5.41, 5.74) is 11.5. The van der Waals surface area contributed by atoms with E-state index in [1.807, 2.05) is 7.11 Å². The smallest absolute Gasteiger partial charge is 0.261 e. The van der Waals surface area contributed by atoms with Gasteiger partial charge in [-0.3, -0.25) is 8.85 Å². The Morgan fingerprint density at radius 2 is 1.45 bits per heavy atom. The van der Waals surface area contributed by atoms with Gasteiger partial charge in [0.15, 0.2) is 0 Å². The summed E-state index contributed by atoms with van der Waals surface area (Å²) >= 11 is 0. The molecule has 0 N–H and O–H groups in total. The molecule has 0 aliphatic heterocycles. The average molecular weight is 495 g/mol. The van der Waals surface area contributed by atoms with Crippen molar-refractivity contribution in [2.24, 2.45) is 5.92 Å². The molecule has 8 rings (SSSR count). The summed E-state index contributed by atoms with van der Waals surface area (Å²) in [6, 6.07) is 26.6.